The lowest BCUT2D eigenvalue weighted by molar-refractivity contribution is -0.167. The van der Waals surface area contributed by atoms with E-state index in [2.05, 4.69) is 20.8 Å². The number of unbranched alkanes of at least 4 members (excludes halogenated alkanes) is 45. The second-order valence-corrected chi connectivity index (χ2v) is 20.6. The molecule has 0 rings (SSSR count). The quantitative estimate of drug-likeness (QED) is 0.0343. The Morgan fingerprint density at radius 1 is 0.242 bits per heavy atom. The van der Waals surface area contributed by atoms with Crippen molar-refractivity contribution in [2.75, 3.05) is 13.2 Å². The SMILES string of the molecule is CCCCCCCCCCCCCCCCCCCCCC(=O)OC[C@H](COC(=O)CCCCCCCCCCCC)OC(=O)CCCCCCCCCCCCCCCCCCCCC. The maximum atomic E-state index is 12.9. The van der Waals surface area contributed by atoms with Crippen molar-refractivity contribution >= 4 is 17.9 Å². The lowest BCUT2D eigenvalue weighted by Gasteiger charge is -2.18. The minimum absolute atomic E-state index is 0.0611. The van der Waals surface area contributed by atoms with E-state index in [9.17, 15) is 14.4 Å². The predicted molar refractivity (Wildman–Crippen MR) is 284 cm³/mol. The van der Waals surface area contributed by atoms with Crippen molar-refractivity contribution in [1.82, 2.24) is 0 Å². The molecule has 0 unspecified atom stereocenters. The highest BCUT2D eigenvalue weighted by Crippen LogP contribution is 2.18. The Morgan fingerprint density at radius 2 is 0.409 bits per heavy atom. The Hall–Kier alpha value is -1.59. The monoisotopic (exact) mass is 933 g/mol. The summed E-state index contributed by atoms with van der Waals surface area (Å²) in [4.78, 5) is 38.1. The van der Waals surface area contributed by atoms with Crippen LogP contribution in [0.1, 0.15) is 348 Å². The van der Waals surface area contributed by atoms with Crippen LogP contribution >= 0.6 is 0 Å². The third kappa shape index (κ3) is 53.4. The van der Waals surface area contributed by atoms with Gasteiger partial charge in [0.15, 0.2) is 6.10 Å². The molecule has 6 nitrogen and oxygen atoms in total. The van der Waals surface area contributed by atoms with Gasteiger partial charge >= 0.3 is 17.9 Å². The smallest absolute Gasteiger partial charge is 0.306 e. The highest BCUT2D eigenvalue weighted by Gasteiger charge is 2.19. The van der Waals surface area contributed by atoms with Gasteiger partial charge in [-0.15, -0.1) is 0 Å². The van der Waals surface area contributed by atoms with Gasteiger partial charge in [-0.25, -0.2) is 0 Å². The van der Waals surface area contributed by atoms with Crippen LogP contribution in [0.3, 0.4) is 0 Å². The van der Waals surface area contributed by atoms with Crippen molar-refractivity contribution < 1.29 is 28.6 Å². The van der Waals surface area contributed by atoms with Crippen LogP contribution in [0.15, 0.2) is 0 Å². The van der Waals surface area contributed by atoms with Crippen LogP contribution in [0.25, 0.3) is 0 Å². The molecule has 392 valence electrons. The molecular weight excluding hydrogens is 817 g/mol. The molecule has 0 radical (unpaired) electrons. The average molecular weight is 934 g/mol. The molecule has 0 aromatic rings. The number of ether oxygens (including phenoxy) is 3. The number of hydrogen-bond acceptors (Lipinski definition) is 6. The topological polar surface area (TPSA) is 78.9 Å². The molecule has 0 aliphatic heterocycles. The molecular formula is C60H116O6. The van der Waals surface area contributed by atoms with Gasteiger partial charge in [0.05, 0.1) is 0 Å². The first-order chi connectivity index (χ1) is 32.5. The molecule has 0 amide bonds. The fourth-order valence-electron chi connectivity index (χ4n) is 9.33. The van der Waals surface area contributed by atoms with E-state index in [4.69, 9.17) is 14.2 Å². The molecule has 0 heterocycles. The summed E-state index contributed by atoms with van der Waals surface area (Å²) >= 11 is 0. The minimum Gasteiger partial charge on any atom is -0.462 e. The van der Waals surface area contributed by atoms with Gasteiger partial charge < -0.3 is 14.2 Å². The third-order valence-corrected chi connectivity index (χ3v) is 13.9. The van der Waals surface area contributed by atoms with Crippen molar-refractivity contribution in [3.05, 3.63) is 0 Å². The second kappa shape index (κ2) is 56.0. The van der Waals surface area contributed by atoms with E-state index in [0.29, 0.717) is 19.3 Å². The van der Waals surface area contributed by atoms with Crippen LogP contribution < -0.4 is 0 Å². The van der Waals surface area contributed by atoms with E-state index < -0.39 is 6.10 Å². The van der Waals surface area contributed by atoms with Crippen LogP contribution in [0.4, 0.5) is 0 Å². The van der Waals surface area contributed by atoms with Crippen LogP contribution in [0.5, 0.6) is 0 Å². The van der Waals surface area contributed by atoms with Gasteiger partial charge in [0, 0.05) is 19.3 Å². The summed E-state index contributed by atoms with van der Waals surface area (Å²) in [7, 11) is 0. The van der Waals surface area contributed by atoms with Crippen molar-refractivity contribution in [1.29, 1.82) is 0 Å². The van der Waals surface area contributed by atoms with Gasteiger partial charge in [0.2, 0.25) is 0 Å². The molecule has 1 atom stereocenters. The van der Waals surface area contributed by atoms with E-state index in [0.717, 1.165) is 57.8 Å². The molecule has 0 fully saturated rings. The highest BCUT2D eigenvalue weighted by molar-refractivity contribution is 5.71. The highest BCUT2D eigenvalue weighted by atomic mass is 16.6. The molecule has 66 heavy (non-hydrogen) atoms. The molecule has 0 spiro atoms. The molecule has 6 heteroatoms. The van der Waals surface area contributed by atoms with Gasteiger partial charge in [-0.1, -0.05) is 310 Å². The van der Waals surface area contributed by atoms with Crippen molar-refractivity contribution in [3.8, 4) is 0 Å². The maximum absolute atomic E-state index is 12.9. The van der Waals surface area contributed by atoms with Gasteiger partial charge in [0.1, 0.15) is 13.2 Å². The van der Waals surface area contributed by atoms with E-state index in [1.165, 1.54) is 250 Å². The lowest BCUT2D eigenvalue weighted by Crippen LogP contribution is -2.30. The van der Waals surface area contributed by atoms with Gasteiger partial charge in [-0.2, -0.15) is 0 Å². The largest absolute Gasteiger partial charge is 0.462 e. The Labute approximate surface area is 412 Å². The molecule has 0 aromatic carbocycles. The first kappa shape index (κ1) is 64.4. The molecule has 0 N–H and O–H groups in total. The second-order valence-electron chi connectivity index (χ2n) is 20.6. The number of carbonyl (C=O) groups excluding carboxylic acids is 3. The Kier molecular flexibility index (Phi) is 54.7. The van der Waals surface area contributed by atoms with Crippen LogP contribution in [0.2, 0.25) is 0 Å². The van der Waals surface area contributed by atoms with E-state index >= 15 is 0 Å². The van der Waals surface area contributed by atoms with E-state index in [1.807, 2.05) is 0 Å². The minimum atomic E-state index is -0.761. The molecule has 0 saturated heterocycles. The van der Waals surface area contributed by atoms with Crippen molar-refractivity contribution in [2.24, 2.45) is 0 Å². The molecule has 0 aliphatic rings. The summed E-state index contributed by atoms with van der Waals surface area (Å²) in [5.41, 5.74) is 0. The Balaban J connectivity index is 4.21. The Bertz CT molecular complexity index is 982. The zero-order valence-corrected chi connectivity index (χ0v) is 45.0. The molecule has 0 bridgehead atoms. The number of rotatable bonds is 56. The fourth-order valence-corrected chi connectivity index (χ4v) is 9.33. The summed E-state index contributed by atoms with van der Waals surface area (Å²) in [6.45, 7) is 6.70. The van der Waals surface area contributed by atoms with Crippen molar-refractivity contribution in [2.45, 2.75) is 354 Å². The van der Waals surface area contributed by atoms with Gasteiger partial charge in [-0.3, -0.25) is 14.4 Å². The van der Waals surface area contributed by atoms with Crippen LogP contribution in [-0.4, -0.2) is 37.2 Å². The number of hydrogen-bond donors (Lipinski definition) is 0. The van der Waals surface area contributed by atoms with Gasteiger partial charge in [0.25, 0.3) is 0 Å². The van der Waals surface area contributed by atoms with Crippen LogP contribution in [-0.2, 0) is 28.6 Å². The molecule has 0 aromatic heterocycles. The summed E-state index contributed by atoms with van der Waals surface area (Å²) in [6.07, 6.45) is 62.5. The summed E-state index contributed by atoms with van der Waals surface area (Å²) in [5, 5.41) is 0. The molecule has 0 saturated carbocycles. The first-order valence-corrected chi connectivity index (χ1v) is 30.0. The normalized spacial score (nSPS) is 11.9. The van der Waals surface area contributed by atoms with E-state index in [-0.39, 0.29) is 31.1 Å². The summed E-state index contributed by atoms with van der Waals surface area (Å²) in [5.74, 6) is -0.832. The Morgan fingerprint density at radius 3 is 0.606 bits per heavy atom. The lowest BCUT2D eigenvalue weighted by atomic mass is 10.0. The van der Waals surface area contributed by atoms with Crippen molar-refractivity contribution in [3.63, 3.8) is 0 Å². The van der Waals surface area contributed by atoms with E-state index in [1.54, 1.807) is 0 Å². The first-order valence-electron chi connectivity index (χ1n) is 30.0. The maximum Gasteiger partial charge on any atom is 0.306 e. The zero-order valence-electron chi connectivity index (χ0n) is 45.0. The third-order valence-electron chi connectivity index (χ3n) is 13.9. The van der Waals surface area contributed by atoms with Gasteiger partial charge in [-0.05, 0) is 19.3 Å². The standard InChI is InChI=1S/C60H116O6/c1-4-7-10-13-16-19-22-24-26-28-30-32-34-36-38-41-44-47-50-53-59(62)65-56-57(55-64-58(61)52-49-46-43-40-21-18-15-12-9-6-3)66-60(63)54-51-48-45-42-39-37-35-33-31-29-27-25-23-20-17-14-11-8-5-2/h57H,4-56H2,1-3H3/t57-/m0/s1. The summed E-state index contributed by atoms with van der Waals surface area (Å²) in [6, 6.07) is 0. The fraction of sp³-hybridized carbons (Fsp3) is 0.950. The van der Waals surface area contributed by atoms with Crippen LogP contribution in [0, 0.1) is 0 Å². The average Bonchev–Trinajstić information content (AvgIpc) is 3.31. The summed E-state index contributed by atoms with van der Waals surface area (Å²) < 4.78 is 16.9. The molecule has 0 aliphatic carbocycles. The predicted octanol–water partition coefficient (Wildman–Crippen LogP) is 19.9. The number of esters is 3. The number of carbonyl (C=O) groups is 3. The zero-order chi connectivity index (χ0) is 47.9.